The molecule has 6 nitrogen and oxygen atoms in total. The molecule has 1 atom stereocenters. The maximum Gasteiger partial charge on any atom is 0.214 e. The molecule has 2 heterocycles. The Morgan fingerprint density at radius 3 is 2.74 bits per heavy atom. The number of nitrogens with one attached hydrogen (secondary N) is 1. The van der Waals surface area contributed by atoms with Crippen molar-refractivity contribution in [3.63, 3.8) is 0 Å². The van der Waals surface area contributed by atoms with Crippen LogP contribution < -0.4 is 10.1 Å². The number of ether oxygens (including phenoxy) is 1. The number of aliphatic hydroxyl groups excluding tert-OH is 1. The van der Waals surface area contributed by atoms with Gasteiger partial charge < -0.3 is 15.2 Å². The van der Waals surface area contributed by atoms with Gasteiger partial charge in [0.2, 0.25) is 10.1 Å². The highest BCUT2D eigenvalue weighted by atomic mass is 32.1. The molecule has 23 heavy (non-hydrogen) atoms. The topological polar surface area (TPSA) is 71.7 Å². The van der Waals surface area contributed by atoms with Crippen LogP contribution in [0, 0.1) is 20.8 Å². The number of fused-ring (bicyclic) bond motifs is 1. The van der Waals surface area contributed by atoms with Crippen molar-refractivity contribution in [3.8, 4) is 5.75 Å². The van der Waals surface area contributed by atoms with Crippen LogP contribution in [-0.2, 0) is 0 Å². The summed E-state index contributed by atoms with van der Waals surface area (Å²) < 4.78 is 7.49. The summed E-state index contributed by atoms with van der Waals surface area (Å²) >= 11 is 1.46. The molecule has 1 aromatic carbocycles. The van der Waals surface area contributed by atoms with E-state index in [1.165, 1.54) is 11.3 Å². The van der Waals surface area contributed by atoms with E-state index in [1.54, 1.807) is 4.52 Å². The molecule has 0 fully saturated rings. The van der Waals surface area contributed by atoms with E-state index >= 15 is 0 Å². The van der Waals surface area contributed by atoms with Gasteiger partial charge in [-0.1, -0.05) is 29.5 Å². The normalized spacial score (nSPS) is 12.5. The predicted octanol–water partition coefficient (Wildman–Crippen LogP) is 2.57. The van der Waals surface area contributed by atoms with Crippen molar-refractivity contribution in [1.82, 2.24) is 14.6 Å². The first kappa shape index (κ1) is 15.8. The molecule has 7 heteroatoms. The monoisotopic (exact) mass is 332 g/mol. The van der Waals surface area contributed by atoms with Crippen LogP contribution in [0.3, 0.4) is 0 Å². The Bertz CT molecular complexity index is 760. The van der Waals surface area contributed by atoms with E-state index in [4.69, 9.17) is 4.74 Å². The summed E-state index contributed by atoms with van der Waals surface area (Å²) in [5.74, 6) is 0.842. The average Bonchev–Trinajstić information content (AvgIpc) is 3.01. The van der Waals surface area contributed by atoms with E-state index in [2.05, 4.69) is 15.4 Å². The number of anilines is 1. The lowest BCUT2D eigenvalue weighted by molar-refractivity contribution is 0.117. The quantitative estimate of drug-likeness (QED) is 0.726. The van der Waals surface area contributed by atoms with Gasteiger partial charge in [-0.3, -0.25) is 0 Å². The number of aromatic nitrogens is 3. The zero-order chi connectivity index (χ0) is 16.4. The minimum absolute atomic E-state index is 0.236. The SMILES string of the molecule is Cc1cn2nc(NC[C@@H](O)COc3c(C)cccc3C)sc2n1. The Hall–Kier alpha value is -2.12. The summed E-state index contributed by atoms with van der Waals surface area (Å²) in [7, 11) is 0. The highest BCUT2D eigenvalue weighted by Crippen LogP contribution is 2.22. The third-order valence-corrected chi connectivity index (χ3v) is 4.36. The van der Waals surface area contributed by atoms with Crippen molar-refractivity contribution in [2.75, 3.05) is 18.5 Å². The van der Waals surface area contributed by atoms with Crippen LogP contribution in [0.1, 0.15) is 16.8 Å². The first-order chi connectivity index (χ1) is 11.0. The summed E-state index contributed by atoms with van der Waals surface area (Å²) in [5, 5.41) is 18.3. The molecular formula is C16H20N4O2S. The van der Waals surface area contributed by atoms with Crippen molar-refractivity contribution in [2.45, 2.75) is 26.9 Å². The van der Waals surface area contributed by atoms with Gasteiger partial charge in [0, 0.05) is 6.54 Å². The number of hydrogen-bond donors (Lipinski definition) is 2. The van der Waals surface area contributed by atoms with Gasteiger partial charge in [0.05, 0.1) is 11.9 Å². The van der Waals surface area contributed by atoms with E-state index in [0.29, 0.717) is 6.54 Å². The fraction of sp³-hybridized carbons (Fsp3) is 0.375. The molecule has 0 bridgehead atoms. The van der Waals surface area contributed by atoms with Crippen LogP contribution >= 0.6 is 11.3 Å². The first-order valence-electron chi connectivity index (χ1n) is 7.46. The van der Waals surface area contributed by atoms with Crippen LogP contribution in [0.5, 0.6) is 5.75 Å². The molecule has 0 aliphatic rings. The Kier molecular flexibility index (Phi) is 4.49. The van der Waals surface area contributed by atoms with Crippen molar-refractivity contribution >= 4 is 21.4 Å². The highest BCUT2D eigenvalue weighted by Gasteiger charge is 2.11. The van der Waals surface area contributed by atoms with Crippen LogP contribution in [0.15, 0.2) is 24.4 Å². The molecule has 3 rings (SSSR count). The van der Waals surface area contributed by atoms with Crippen molar-refractivity contribution < 1.29 is 9.84 Å². The van der Waals surface area contributed by atoms with Crippen molar-refractivity contribution in [2.24, 2.45) is 0 Å². The maximum atomic E-state index is 10.1. The first-order valence-corrected chi connectivity index (χ1v) is 8.28. The zero-order valence-corrected chi connectivity index (χ0v) is 14.2. The second-order valence-corrected chi connectivity index (χ2v) is 6.54. The summed E-state index contributed by atoms with van der Waals surface area (Å²) in [6.45, 7) is 6.55. The molecule has 3 aromatic rings. The fourth-order valence-corrected chi connectivity index (χ4v) is 3.18. The number of para-hydroxylation sites is 1. The van der Waals surface area contributed by atoms with E-state index in [9.17, 15) is 5.11 Å². The Balaban J connectivity index is 1.53. The second-order valence-electron chi connectivity index (χ2n) is 5.58. The van der Waals surface area contributed by atoms with Crippen LogP contribution in [0.4, 0.5) is 5.13 Å². The molecule has 2 aromatic heterocycles. The number of imidazole rings is 1. The second kappa shape index (κ2) is 6.55. The lowest BCUT2D eigenvalue weighted by Crippen LogP contribution is -2.26. The minimum atomic E-state index is -0.619. The molecular weight excluding hydrogens is 312 g/mol. The molecule has 2 N–H and O–H groups in total. The molecule has 0 unspecified atom stereocenters. The molecule has 0 amide bonds. The van der Waals surface area contributed by atoms with Gasteiger partial charge >= 0.3 is 0 Å². The lowest BCUT2D eigenvalue weighted by Gasteiger charge is -2.15. The van der Waals surface area contributed by atoms with E-state index in [1.807, 2.05) is 45.2 Å². The number of hydrogen-bond acceptors (Lipinski definition) is 6. The van der Waals surface area contributed by atoms with Gasteiger partial charge in [0.15, 0.2) is 0 Å². The molecule has 0 aliphatic heterocycles. The summed E-state index contributed by atoms with van der Waals surface area (Å²) in [4.78, 5) is 5.19. The van der Waals surface area contributed by atoms with Crippen molar-refractivity contribution in [1.29, 1.82) is 0 Å². The third kappa shape index (κ3) is 3.62. The minimum Gasteiger partial charge on any atom is -0.490 e. The van der Waals surface area contributed by atoms with Gasteiger partial charge in [-0.2, -0.15) is 0 Å². The number of aliphatic hydroxyl groups is 1. The van der Waals surface area contributed by atoms with Crippen molar-refractivity contribution in [3.05, 3.63) is 41.2 Å². The Labute approximate surface area is 138 Å². The molecule has 0 saturated carbocycles. The smallest absolute Gasteiger partial charge is 0.214 e. The van der Waals surface area contributed by atoms with Crippen LogP contribution in [0.25, 0.3) is 4.96 Å². The average molecular weight is 332 g/mol. The maximum absolute atomic E-state index is 10.1. The highest BCUT2D eigenvalue weighted by molar-refractivity contribution is 7.20. The van der Waals surface area contributed by atoms with Gasteiger partial charge in [-0.05, 0) is 31.9 Å². The van der Waals surface area contributed by atoms with E-state index in [-0.39, 0.29) is 6.61 Å². The summed E-state index contributed by atoms with van der Waals surface area (Å²) in [6.07, 6.45) is 1.25. The van der Waals surface area contributed by atoms with Gasteiger partial charge in [0.1, 0.15) is 18.5 Å². The van der Waals surface area contributed by atoms with Gasteiger partial charge in [-0.15, -0.1) is 5.10 Å². The number of nitrogens with zero attached hydrogens (tertiary/aromatic N) is 3. The molecule has 0 saturated heterocycles. The largest absolute Gasteiger partial charge is 0.490 e. The Morgan fingerprint density at radius 2 is 2.04 bits per heavy atom. The van der Waals surface area contributed by atoms with E-state index < -0.39 is 6.10 Å². The fourth-order valence-electron chi connectivity index (χ4n) is 2.35. The molecule has 0 aliphatic carbocycles. The van der Waals surface area contributed by atoms with Crippen LogP contribution in [0.2, 0.25) is 0 Å². The summed E-state index contributed by atoms with van der Waals surface area (Å²) in [5.41, 5.74) is 3.08. The number of benzene rings is 1. The predicted molar refractivity (Wildman–Crippen MR) is 91.5 cm³/mol. The summed E-state index contributed by atoms with van der Waals surface area (Å²) in [6, 6.07) is 6.00. The third-order valence-electron chi connectivity index (χ3n) is 3.48. The van der Waals surface area contributed by atoms with E-state index in [0.717, 1.165) is 32.7 Å². The number of rotatable bonds is 6. The van der Waals surface area contributed by atoms with Crippen LogP contribution in [-0.4, -0.2) is 39.0 Å². The van der Waals surface area contributed by atoms with Gasteiger partial charge in [-0.25, -0.2) is 9.50 Å². The Morgan fingerprint density at radius 1 is 1.30 bits per heavy atom. The lowest BCUT2D eigenvalue weighted by atomic mass is 10.1. The number of aryl methyl sites for hydroxylation is 3. The standard InChI is InChI=1S/C16H20N4O2S/c1-10-5-4-6-11(2)14(10)22-9-13(21)7-17-15-19-20-8-12(3)18-16(20)23-15/h4-6,8,13,21H,7,9H2,1-3H3,(H,17,19)/t13-/m1/s1. The molecule has 0 radical (unpaired) electrons. The molecule has 122 valence electrons. The zero-order valence-electron chi connectivity index (χ0n) is 13.4. The van der Waals surface area contributed by atoms with Gasteiger partial charge in [0.25, 0.3) is 0 Å². The molecule has 0 spiro atoms.